The van der Waals surface area contributed by atoms with Gasteiger partial charge in [0.05, 0.1) is 17.6 Å². The molecule has 1 aromatic heterocycles. The van der Waals surface area contributed by atoms with Crippen LogP contribution in [-0.2, 0) is 0 Å². The molecule has 2 aromatic carbocycles. The van der Waals surface area contributed by atoms with Crippen molar-refractivity contribution >= 4 is 22.9 Å². The fourth-order valence-corrected chi connectivity index (χ4v) is 3.22. The number of hydrogen-bond donors (Lipinski definition) is 2. The normalized spacial score (nSPS) is 16.0. The fourth-order valence-electron chi connectivity index (χ4n) is 3.22. The Kier molecular flexibility index (Phi) is 4.48. The summed E-state index contributed by atoms with van der Waals surface area (Å²) >= 11 is 0. The molecule has 0 bridgehead atoms. The predicted octanol–water partition coefficient (Wildman–Crippen LogP) is 3.89. The van der Waals surface area contributed by atoms with E-state index in [2.05, 4.69) is 26.8 Å². The van der Waals surface area contributed by atoms with E-state index in [-0.39, 0.29) is 6.17 Å². The molecule has 2 heterocycles. The quantitative estimate of drug-likeness (QED) is 0.662. The third-order valence-electron chi connectivity index (χ3n) is 4.54. The van der Waals surface area contributed by atoms with Gasteiger partial charge in [-0.05, 0) is 36.2 Å². The number of para-hydroxylation sites is 2. The molecule has 6 heteroatoms. The van der Waals surface area contributed by atoms with Gasteiger partial charge in [-0.3, -0.25) is 9.88 Å². The van der Waals surface area contributed by atoms with Crippen molar-refractivity contribution < 1.29 is 4.74 Å². The van der Waals surface area contributed by atoms with Gasteiger partial charge in [0.2, 0.25) is 5.95 Å². The van der Waals surface area contributed by atoms with Crippen molar-refractivity contribution in [2.24, 2.45) is 10.7 Å². The number of ether oxygens (including phenoxy) is 1. The fraction of sp³-hybridized carbons (Fsp3) is 0.300. The maximum absolute atomic E-state index is 5.98. The third kappa shape index (κ3) is 3.10. The van der Waals surface area contributed by atoms with Crippen LogP contribution in [0.1, 0.15) is 37.9 Å². The van der Waals surface area contributed by atoms with E-state index in [1.807, 2.05) is 48.5 Å². The first kappa shape index (κ1) is 16.4. The van der Waals surface area contributed by atoms with Crippen molar-refractivity contribution in [3.8, 4) is 5.75 Å². The highest BCUT2D eigenvalue weighted by atomic mass is 16.5. The van der Waals surface area contributed by atoms with Crippen molar-refractivity contribution in [2.75, 3.05) is 11.9 Å². The van der Waals surface area contributed by atoms with Gasteiger partial charge in [-0.1, -0.05) is 44.0 Å². The summed E-state index contributed by atoms with van der Waals surface area (Å²) in [6.07, 6.45) is 3.22. The summed E-state index contributed by atoms with van der Waals surface area (Å²) in [4.78, 5) is 9.22. The predicted molar refractivity (Wildman–Crippen MR) is 105 cm³/mol. The number of fused-ring (bicyclic) bond motifs is 3. The van der Waals surface area contributed by atoms with Crippen molar-refractivity contribution in [1.29, 1.82) is 0 Å². The van der Waals surface area contributed by atoms with Crippen LogP contribution in [0.5, 0.6) is 5.75 Å². The number of unbranched alkanes of at least 4 members (excludes halogenated alkanes) is 2. The molecule has 3 N–H and O–H groups in total. The van der Waals surface area contributed by atoms with Gasteiger partial charge in [-0.2, -0.15) is 0 Å². The number of imidazole rings is 1. The van der Waals surface area contributed by atoms with Crippen LogP contribution < -0.4 is 15.8 Å². The lowest BCUT2D eigenvalue weighted by atomic mass is 10.1. The highest BCUT2D eigenvalue weighted by Gasteiger charge is 2.24. The van der Waals surface area contributed by atoms with Gasteiger partial charge < -0.3 is 10.5 Å². The molecule has 0 saturated heterocycles. The summed E-state index contributed by atoms with van der Waals surface area (Å²) in [5.74, 6) is 1.97. The summed E-state index contributed by atoms with van der Waals surface area (Å²) in [5.41, 5.74) is 8.97. The number of nitrogens with zero attached hydrogens (tertiary/aromatic N) is 3. The molecule has 1 atom stereocenters. The zero-order valence-corrected chi connectivity index (χ0v) is 14.9. The second-order valence-electron chi connectivity index (χ2n) is 6.43. The number of aromatic nitrogens is 2. The van der Waals surface area contributed by atoms with Crippen LogP contribution in [0.25, 0.3) is 11.0 Å². The lowest BCUT2D eigenvalue weighted by molar-refractivity contribution is 0.306. The molecule has 3 aromatic rings. The standard InChI is InChI=1S/C20H23N5O/c1-2-3-6-13-26-15-11-9-14(10-12-15)18-23-19(21)24-20-22-16-7-4-5-8-17(16)25(18)20/h4-5,7-12,18H,2-3,6,13H2,1H3,(H3,21,22,23,24). The minimum Gasteiger partial charge on any atom is -0.494 e. The van der Waals surface area contributed by atoms with Gasteiger partial charge in [0, 0.05) is 0 Å². The number of rotatable bonds is 6. The van der Waals surface area contributed by atoms with Gasteiger partial charge in [-0.25, -0.2) is 9.98 Å². The first-order valence-electron chi connectivity index (χ1n) is 9.06. The van der Waals surface area contributed by atoms with Crippen LogP contribution >= 0.6 is 0 Å². The van der Waals surface area contributed by atoms with E-state index in [9.17, 15) is 0 Å². The average Bonchev–Trinajstić information content (AvgIpc) is 3.03. The Balaban J connectivity index is 1.62. The number of anilines is 1. The molecule has 6 nitrogen and oxygen atoms in total. The van der Waals surface area contributed by atoms with Crippen molar-refractivity contribution in [2.45, 2.75) is 32.4 Å². The minimum atomic E-state index is -0.243. The lowest BCUT2D eigenvalue weighted by Gasteiger charge is -2.24. The zero-order chi connectivity index (χ0) is 17.9. The average molecular weight is 349 g/mol. The van der Waals surface area contributed by atoms with Crippen molar-refractivity contribution in [3.05, 3.63) is 54.1 Å². The first-order chi connectivity index (χ1) is 12.8. The van der Waals surface area contributed by atoms with E-state index >= 15 is 0 Å². The lowest BCUT2D eigenvalue weighted by Crippen LogP contribution is -2.31. The molecule has 0 amide bonds. The van der Waals surface area contributed by atoms with E-state index in [1.54, 1.807) is 0 Å². The van der Waals surface area contributed by atoms with E-state index in [0.717, 1.165) is 35.4 Å². The van der Waals surface area contributed by atoms with Gasteiger partial charge in [-0.15, -0.1) is 0 Å². The van der Waals surface area contributed by atoms with Gasteiger partial charge in [0.15, 0.2) is 12.1 Å². The molecule has 0 aliphatic carbocycles. The molecule has 0 fully saturated rings. The summed E-state index contributed by atoms with van der Waals surface area (Å²) < 4.78 is 7.88. The highest BCUT2D eigenvalue weighted by Crippen LogP contribution is 2.32. The Hall–Kier alpha value is -3.02. The van der Waals surface area contributed by atoms with Crippen LogP contribution in [-0.4, -0.2) is 22.1 Å². The molecule has 4 rings (SSSR count). The van der Waals surface area contributed by atoms with Crippen LogP contribution in [0.2, 0.25) is 0 Å². The highest BCUT2D eigenvalue weighted by molar-refractivity contribution is 5.94. The Labute approximate surface area is 152 Å². The Morgan fingerprint density at radius 2 is 1.92 bits per heavy atom. The van der Waals surface area contributed by atoms with E-state index in [4.69, 9.17) is 10.5 Å². The first-order valence-corrected chi connectivity index (χ1v) is 9.06. The number of benzene rings is 2. The van der Waals surface area contributed by atoms with Crippen LogP contribution in [0.4, 0.5) is 5.95 Å². The molecule has 0 saturated carbocycles. The van der Waals surface area contributed by atoms with E-state index in [0.29, 0.717) is 11.9 Å². The minimum absolute atomic E-state index is 0.243. The topological polar surface area (TPSA) is 77.5 Å². The summed E-state index contributed by atoms with van der Waals surface area (Å²) in [5, 5.41) is 3.06. The molecule has 134 valence electrons. The largest absolute Gasteiger partial charge is 0.494 e. The van der Waals surface area contributed by atoms with E-state index < -0.39 is 0 Å². The third-order valence-corrected chi connectivity index (χ3v) is 4.54. The van der Waals surface area contributed by atoms with Gasteiger partial charge in [0.1, 0.15) is 5.75 Å². The summed E-state index contributed by atoms with van der Waals surface area (Å²) in [6.45, 7) is 2.94. The molecule has 1 aliphatic heterocycles. The molecular formula is C20H23N5O. The number of guanidine groups is 1. The number of nitrogens with one attached hydrogen (secondary N) is 1. The van der Waals surface area contributed by atoms with Crippen molar-refractivity contribution in [1.82, 2.24) is 9.55 Å². The zero-order valence-electron chi connectivity index (χ0n) is 14.9. The molecule has 1 aliphatic rings. The molecular weight excluding hydrogens is 326 g/mol. The SMILES string of the molecule is CCCCCOc1ccc(C2N=C(N)Nc3nc4ccccc4n32)cc1. The van der Waals surface area contributed by atoms with Crippen LogP contribution in [0, 0.1) is 0 Å². The maximum Gasteiger partial charge on any atom is 0.212 e. The second-order valence-corrected chi connectivity index (χ2v) is 6.43. The van der Waals surface area contributed by atoms with Crippen LogP contribution in [0.3, 0.4) is 0 Å². The molecule has 1 unspecified atom stereocenters. The van der Waals surface area contributed by atoms with E-state index in [1.165, 1.54) is 12.8 Å². The summed E-state index contributed by atoms with van der Waals surface area (Å²) in [7, 11) is 0. The van der Waals surface area contributed by atoms with Crippen molar-refractivity contribution in [3.63, 3.8) is 0 Å². The Bertz CT molecular complexity index is 929. The summed E-state index contributed by atoms with van der Waals surface area (Å²) in [6, 6.07) is 16.1. The van der Waals surface area contributed by atoms with Crippen LogP contribution in [0.15, 0.2) is 53.5 Å². The smallest absolute Gasteiger partial charge is 0.212 e. The molecule has 26 heavy (non-hydrogen) atoms. The Morgan fingerprint density at radius 3 is 2.73 bits per heavy atom. The van der Waals surface area contributed by atoms with Gasteiger partial charge in [0.25, 0.3) is 0 Å². The number of hydrogen-bond acceptors (Lipinski definition) is 5. The molecule has 0 radical (unpaired) electrons. The maximum atomic E-state index is 5.98. The second kappa shape index (κ2) is 7.07. The monoisotopic (exact) mass is 349 g/mol. The Morgan fingerprint density at radius 1 is 1.12 bits per heavy atom. The molecule has 0 spiro atoms. The number of aliphatic imine (C=N–C) groups is 1. The number of nitrogens with two attached hydrogens (primary N) is 1. The van der Waals surface area contributed by atoms with Gasteiger partial charge >= 0.3 is 0 Å².